The number of aliphatic carboxylic acids is 1. The van der Waals surface area contributed by atoms with E-state index in [0.717, 1.165) is 9.35 Å². The van der Waals surface area contributed by atoms with Crippen molar-refractivity contribution < 1.29 is 9.90 Å². The summed E-state index contributed by atoms with van der Waals surface area (Å²) in [5.74, 6) is -0.793. The van der Waals surface area contributed by atoms with Crippen LogP contribution in [0.1, 0.15) is 5.56 Å². The van der Waals surface area contributed by atoms with E-state index in [-0.39, 0.29) is 6.42 Å². The molecular weight excluding hydrogens is 216 g/mol. The summed E-state index contributed by atoms with van der Waals surface area (Å²) in [5, 5.41) is 10.3. The predicted octanol–water partition coefficient (Wildman–Crippen LogP) is 2.14. The number of carboxylic acid groups (broad SMARTS) is 1. The van der Waals surface area contributed by atoms with Crippen molar-refractivity contribution in [3.63, 3.8) is 0 Å². The maximum atomic E-state index is 10.2. The molecule has 0 spiro atoms. The van der Waals surface area contributed by atoms with Crippen LogP contribution in [0.2, 0.25) is 0 Å². The molecule has 1 N–H and O–H groups in total. The van der Waals surface area contributed by atoms with Gasteiger partial charge in [0.15, 0.2) is 0 Å². The van der Waals surface area contributed by atoms with Gasteiger partial charge in [0.05, 0.1) is 10.2 Å². The first kappa shape index (κ1) is 7.75. The van der Waals surface area contributed by atoms with Crippen LogP contribution in [0.3, 0.4) is 0 Å². The van der Waals surface area contributed by atoms with Gasteiger partial charge in [-0.2, -0.15) is 0 Å². The highest BCUT2D eigenvalue weighted by Crippen LogP contribution is 2.23. The van der Waals surface area contributed by atoms with Gasteiger partial charge in [-0.15, -0.1) is 11.3 Å². The van der Waals surface area contributed by atoms with Crippen LogP contribution in [0.25, 0.3) is 0 Å². The van der Waals surface area contributed by atoms with E-state index >= 15 is 0 Å². The van der Waals surface area contributed by atoms with Gasteiger partial charge in [0.25, 0.3) is 0 Å². The lowest BCUT2D eigenvalue weighted by molar-refractivity contribution is -0.136. The zero-order chi connectivity index (χ0) is 7.56. The van der Waals surface area contributed by atoms with Crippen LogP contribution in [0.15, 0.2) is 15.2 Å². The topological polar surface area (TPSA) is 37.3 Å². The Morgan fingerprint density at radius 1 is 1.80 bits per heavy atom. The minimum absolute atomic E-state index is 0.101. The molecule has 0 aliphatic heterocycles. The molecule has 0 aliphatic carbocycles. The van der Waals surface area contributed by atoms with E-state index in [1.807, 2.05) is 11.4 Å². The minimum Gasteiger partial charge on any atom is -0.481 e. The van der Waals surface area contributed by atoms with Crippen molar-refractivity contribution in [3.05, 3.63) is 20.8 Å². The molecule has 0 aliphatic rings. The molecule has 10 heavy (non-hydrogen) atoms. The van der Waals surface area contributed by atoms with Crippen molar-refractivity contribution in [2.45, 2.75) is 6.42 Å². The summed E-state index contributed by atoms with van der Waals surface area (Å²) in [7, 11) is 0. The van der Waals surface area contributed by atoms with Crippen molar-refractivity contribution >= 4 is 33.2 Å². The van der Waals surface area contributed by atoms with Crippen LogP contribution < -0.4 is 0 Å². The number of hydrogen-bond donors (Lipinski definition) is 1. The Morgan fingerprint density at radius 3 is 2.90 bits per heavy atom. The van der Waals surface area contributed by atoms with E-state index in [0.29, 0.717) is 0 Å². The predicted molar refractivity (Wildman–Crippen MR) is 43.4 cm³/mol. The smallest absolute Gasteiger partial charge is 0.307 e. The highest BCUT2D eigenvalue weighted by molar-refractivity contribution is 9.11. The van der Waals surface area contributed by atoms with E-state index in [4.69, 9.17) is 5.11 Å². The Bertz CT molecular complexity index is 244. The molecule has 1 aromatic heterocycles. The van der Waals surface area contributed by atoms with Gasteiger partial charge in [-0.05, 0) is 32.9 Å². The summed E-state index contributed by atoms with van der Waals surface area (Å²) >= 11 is 4.75. The molecule has 0 unspecified atom stereocenters. The number of carboxylic acids is 1. The lowest BCUT2D eigenvalue weighted by Crippen LogP contribution is -1.98. The molecule has 1 heterocycles. The van der Waals surface area contributed by atoms with Crippen molar-refractivity contribution in [3.8, 4) is 0 Å². The number of thiophene rings is 1. The molecule has 0 radical (unpaired) electrons. The zero-order valence-corrected chi connectivity index (χ0v) is 7.41. The first-order chi connectivity index (χ1) is 4.70. The summed E-state index contributed by atoms with van der Waals surface area (Å²) in [6.07, 6.45) is 0.101. The Hall–Kier alpha value is -0.350. The molecule has 0 amide bonds. The van der Waals surface area contributed by atoms with Gasteiger partial charge in [0, 0.05) is 0 Å². The second-order valence-electron chi connectivity index (χ2n) is 1.79. The number of rotatable bonds is 2. The molecular formula is C6H5BrO2S. The van der Waals surface area contributed by atoms with Crippen molar-refractivity contribution in [1.29, 1.82) is 0 Å². The molecule has 1 aromatic rings. The van der Waals surface area contributed by atoms with Gasteiger partial charge in [-0.3, -0.25) is 4.79 Å². The first-order valence-corrected chi connectivity index (χ1v) is 4.31. The summed E-state index contributed by atoms with van der Waals surface area (Å²) in [6.45, 7) is 0. The van der Waals surface area contributed by atoms with E-state index in [9.17, 15) is 4.79 Å². The van der Waals surface area contributed by atoms with Gasteiger partial charge in [-0.1, -0.05) is 0 Å². The maximum Gasteiger partial charge on any atom is 0.307 e. The third-order valence-corrected chi connectivity index (χ3v) is 2.85. The summed E-state index contributed by atoms with van der Waals surface area (Å²) in [5.41, 5.74) is 0.845. The van der Waals surface area contributed by atoms with Crippen molar-refractivity contribution in [2.24, 2.45) is 0 Å². The maximum absolute atomic E-state index is 10.2. The third kappa shape index (κ3) is 1.82. The first-order valence-electron chi connectivity index (χ1n) is 2.64. The fourth-order valence-corrected chi connectivity index (χ4v) is 1.85. The number of carbonyl (C=O) groups is 1. The van der Waals surface area contributed by atoms with Gasteiger partial charge in [0.2, 0.25) is 0 Å². The van der Waals surface area contributed by atoms with Gasteiger partial charge < -0.3 is 5.11 Å². The molecule has 1 rings (SSSR count). The molecule has 0 atom stereocenters. The van der Waals surface area contributed by atoms with Crippen LogP contribution >= 0.6 is 27.3 Å². The van der Waals surface area contributed by atoms with Crippen LogP contribution in [0.4, 0.5) is 0 Å². The SMILES string of the molecule is O=C(O)Cc1ccsc1Br. The Labute approximate surface area is 70.6 Å². The minimum atomic E-state index is -0.793. The average Bonchev–Trinajstić information content (AvgIpc) is 2.15. The highest BCUT2D eigenvalue weighted by Gasteiger charge is 2.04. The van der Waals surface area contributed by atoms with Crippen molar-refractivity contribution in [1.82, 2.24) is 0 Å². The lowest BCUT2D eigenvalue weighted by Gasteiger charge is -1.89. The third-order valence-electron chi connectivity index (χ3n) is 1.03. The quantitative estimate of drug-likeness (QED) is 0.830. The normalized spacial score (nSPS) is 9.70. The van der Waals surface area contributed by atoms with E-state index < -0.39 is 5.97 Å². The van der Waals surface area contributed by atoms with E-state index in [2.05, 4.69) is 15.9 Å². The molecule has 2 nitrogen and oxygen atoms in total. The average molecular weight is 221 g/mol. The fourth-order valence-electron chi connectivity index (χ4n) is 0.608. The molecule has 4 heteroatoms. The van der Waals surface area contributed by atoms with Gasteiger partial charge in [0.1, 0.15) is 0 Å². The monoisotopic (exact) mass is 220 g/mol. The lowest BCUT2D eigenvalue weighted by atomic mass is 10.2. The van der Waals surface area contributed by atoms with Crippen molar-refractivity contribution in [2.75, 3.05) is 0 Å². The van der Waals surface area contributed by atoms with Crippen LogP contribution in [0, 0.1) is 0 Å². The standard InChI is InChI=1S/C6H5BrO2S/c7-6-4(1-2-10-6)3-5(8)9/h1-2H,3H2,(H,8,9). The fraction of sp³-hybridized carbons (Fsp3) is 0.167. The molecule has 0 saturated heterocycles. The Morgan fingerprint density at radius 2 is 2.50 bits per heavy atom. The van der Waals surface area contributed by atoms with E-state index in [1.165, 1.54) is 11.3 Å². The van der Waals surface area contributed by atoms with Gasteiger partial charge in [-0.25, -0.2) is 0 Å². The molecule has 0 bridgehead atoms. The Kier molecular flexibility index (Phi) is 2.45. The Balaban J connectivity index is 2.74. The van der Waals surface area contributed by atoms with Crippen LogP contribution in [0.5, 0.6) is 0 Å². The zero-order valence-electron chi connectivity index (χ0n) is 5.00. The second-order valence-corrected chi connectivity index (χ2v) is 4.02. The molecule has 0 saturated carbocycles. The number of halogens is 1. The number of hydrogen-bond acceptors (Lipinski definition) is 2. The second kappa shape index (κ2) is 3.16. The van der Waals surface area contributed by atoms with E-state index in [1.54, 1.807) is 0 Å². The van der Waals surface area contributed by atoms with Crippen LogP contribution in [-0.4, -0.2) is 11.1 Å². The van der Waals surface area contributed by atoms with Gasteiger partial charge >= 0.3 is 5.97 Å². The molecule has 54 valence electrons. The van der Waals surface area contributed by atoms with Crippen LogP contribution in [-0.2, 0) is 11.2 Å². The summed E-state index contributed by atoms with van der Waals surface area (Å²) in [6, 6.07) is 1.81. The molecule has 0 aromatic carbocycles. The summed E-state index contributed by atoms with van der Waals surface area (Å²) < 4.78 is 0.912. The molecule has 0 fully saturated rings. The highest BCUT2D eigenvalue weighted by atomic mass is 79.9. The summed E-state index contributed by atoms with van der Waals surface area (Å²) in [4.78, 5) is 10.2. The largest absolute Gasteiger partial charge is 0.481 e.